The Balaban J connectivity index is 2.52. The van der Waals surface area contributed by atoms with Crippen LogP contribution in [0.4, 0.5) is 4.39 Å². The van der Waals surface area contributed by atoms with Crippen LogP contribution in [0.25, 0.3) is 11.3 Å². The van der Waals surface area contributed by atoms with Crippen LogP contribution in [0, 0.1) is 5.82 Å². The number of halogens is 2. The van der Waals surface area contributed by atoms with Crippen LogP contribution in [0.1, 0.15) is 10.4 Å². The van der Waals surface area contributed by atoms with Gasteiger partial charge < -0.3 is 0 Å². The molecule has 80 valence electrons. The number of aromatic nitrogens is 2. The zero-order chi connectivity index (χ0) is 11.5. The van der Waals surface area contributed by atoms with Gasteiger partial charge in [0.1, 0.15) is 17.3 Å². The Bertz CT molecular complexity index is 545. The minimum atomic E-state index is -0.557. The molecule has 1 aromatic heterocycles. The summed E-state index contributed by atoms with van der Waals surface area (Å²) in [5.74, 6) is -0.557. The third-order valence-corrected chi connectivity index (χ3v) is 2.26. The van der Waals surface area contributed by atoms with Crippen molar-refractivity contribution in [2.75, 3.05) is 0 Å². The summed E-state index contributed by atoms with van der Waals surface area (Å²) in [7, 11) is 0. The number of aldehydes is 1. The molecule has 0 saturated heterocycles. The van der Waals surface area contributed by atoms with Gasteiger partial charge in [-0.2, -0.15) is 0 Å². The molecular formula is C11H6ClFN2O. The fourth-order valence-corrected chi connectivity index (χ4v) is 1.43. The molecule has 0 radical (unpaired) electrons. The van der Waals surface area contributed by atoms with E-state index in [2.05, 4.69) is 9.97 Å². The molecule has 0 N–H and O–H groups in total. The van der Waals surface area contributed by atoms with Crippen LogP contribution < -0.4 is 0 Å². The van der Waals surface area contributed by atoms with Gasteiger partial charge in [-0.3, -0.25) is 4.79 Å². The number of rotatable bonds is 2. The SMILES string of the molecule is O=Cc1cc(-c2cc(Cl)ncn2)ccc1F. The Morgan fingerprint density at radius 3 is 2.75 bits per heavy atom. The Morgan fingerprint density at radius 1 is 1.25 bits per heavy atom. The second-order valence-corrected chi connectivity index (χ2v) is 3.47. The largest absolute Gasteiger partial charge is 0.298 e. The first-order valence-electron chi connectivity index (χ1n) is 4.43. The molecule has 0 aliphatic rings. The van der Waals surface area contributed by atoms with E-state index in [1.165, 1.54) is 24.5 Å². The van der Waals surface area contributed by atoms with Crippen LogP contribution in [0.2, 0.25) is 5.15 Å². The van der Waals surface area contributed by atoms with E-state index in [4.69, 9.17) is 11.6 Å². The molecular weight excluding hydrogens is 231 g/mol. The van der Waals surface area contributed by atoms with Crippen LogP contribution in [-0.2, 0) is 0 Å². The van der Waals surface area contributed by atoms with Crippen molar-refractivity contribution in [2.24, 2.45) is 0 Å². The van der Waals surface area contributed by atoms with Gasteiger partial charge in [0, 0.05) is 11.6 Å². The van der Waals surface area contributed by atoms with E-state index in [1.54, 1.807) is 6.07 Å². The highest BCUT2D eigenvalue weighted by molar-refractivity contribution is 6.29. The highest BCUT2D eigenvalue weighted by atomic mass is 35.5. The van der Waals surface area contributed by atoms with E-state index < -0.39 is 5.82 Å². The standard InChI is InChI=1S/C11H6ClFN2O/c12-11-4-10(14-6-15-11)7-1-2-9(13)8(3-7)5-16/h1-6H. The lowest BCUT2D eigenvalue weighted by molar-refractivity contribution is 0.112. The highest BCUT2D eigenvalue weighted by Gasteiger charge is 2.05. The molecule has 0 saturated carbocycles. The summed E-state index contributed by atoms with van der Waals surface area (Å²) in [6.07, 6.45) is 1.77. The van der Waals surface area contributed by atoms with E-state index in [0.717, 1.165) is 0 Å². The fourth-order valence-electron chi connectivity index (χ4n) is 1.28. The molecule has 0 amide bonds. The van der Waals surface area contributed by atoms with Gasteiger partial charge in [-0.05, 0) is 18.2 Å². The first-order chi connectivity index (χ1) is 7.70. The van der Waals surface area contributed by atoms with Gasteiger partial charge in [0.05, 0.1) is 11.3 Å². The Morgan fingerprint density at radius 2 is 2.06 bits per heavy atom. The number of benzene rings is 1. The summed E-state index contributed by atoms with van der Waals surface area (Å²) in [5, 5.41) is 0.293. The Kier molecular flexibility index (Phi) is 2.92. The molecule has 0 fully saturated rings. The van der Waals surface area contributed by atoms with Gasteiger partial charge in [0.25, 0.3) is 0 Å². The van der Waals surface area contributed by atoms with Gasteiger partial charge >= 0.3 is 0 Å². The molecule has 3 nitrogen and oxygen atoms in total. The molecule has 2 aromatic rings. The summed E-state index contributed by atoms with van der Waals surface area (Å²) in [6.45, 7) is 0. The van der Waals surface area contributed by atoms with Crippen LogP contribution in [0.15, 0.2) is 30.6 Å². The number of carbonyl (C=O) groups excluding carboxylic acids is 1. The van der Waals surface area contributed by atoms with E-state index in [1.807, 2.05) is 0 Å². The molecule has 0 aliphatic carbocycles. The van der Waals surface area contributed by atoms with E-state index in [0.29, 0.717) is 22.7 Å². The molecule has 1 aromatic carbocycles. The lowest BCUT2D eigenvalue weighted by Crippen LogP contribution is -1.91. The minimum Gasteiger partial charge on any atom is -0.298 e. The lowest BCUT2D eigenvalue weighted by atomic mass is 10.1. The van der Waals surface area contributed by atoms with Crippen LogP contribution >= 0.6 is 11.6 Å². The van der Waals surface area contributed by atoms with E-state index in [-0.39, 0.29) is 5.56 Å². The molecule has 2 rings (SSSR count). The van der Waals surface area contributed by atoms with E-state index >= 15 is 0 Å². The molecule has 0 aliphatic heterocycles. The predicted molar refractivity (Wildman–Crippen MR) is 57.8 cm³/mol. The quantitative estimate of drug-likeness (QED) is 0.595. The second-order valence-electron chi connectivity index (χ2n) is 3.08. The smallest absolute Gasteiger partial charge is 0.153 e. The molecule has 0 atom stereocenters. The third-order valence-electron chi connectivity index (χ3n) is 2.05. The third kappa shape index (κ3) is 2.06. The van der Waals surface area contributed by atoms with Crippen molar-refractivity contribution in [3.63, 3.8) is 0 Å². The lowest BCUT2D eigenvalue weighted by Gasteiger charge is -2.02. The zero-order valence-electron chi connectivity index (χ0n) is 8.02. The molecule has 0 spiro atoms. The second kappa shape index (κ2) is 4.37. The van der Waals surface area contributed by atoms with Crippen molar-refractivity contribution in [1.29, 1.82) is 0 Å². The zero-order valence-corrected chi connectivity index (χ0v) is 8.78. The first-order valence-corrected chi connectivity index (χ1v) is 4.81. The monoisotopic (exact) mass is 236 g/mol. The van der Waals surface area contributed by atoms with Crippen molar-refractivity contribution in [3.05, 3.63) is 47.1 Å². The Hall–Kier alpha value is -1.81. The van der Waals surface area contributed by atoms with Gasteiger partial charge in [-0.25, -0.2) is 14.4 Å². The number of hydrogen-bond donors (Lipinski definition) is 0. The topological polar surface area (TPSA) is 42.9 Å². The van der Waals surface area contributed by atoms with Crippen molar-refractivity contribution >= 4 is 17.9 Å². The Labute approximate surface area is 95.9 Å². The number of hydrogen-bond acceptors (Lipinski definition) is 3. The average molecular weight is 237 g/mol. The maximum absolute atomic E-state index is 13.1. The fraction of sp³-hybridized carbons (Fsp3) is 0. The molecule has 5 heteroatoms. The highest BCUT2D eigenvalue weighted by Crippen LogP contribution is 2.20. The predicted octanol–water partition coefficient (Wildman–Crippen LogP) is 2.75. The van der Waals surface area contributed by atoms with Crippen LogP contribution in [0.3, 0.4) is 0 Å². The normalized spacial score (nSPS) is 10.1. The average Bonchev–Trinajstić information content (AvgIpc) is 2.29. The van der Waals surface area contributed by atoms with Crippen molar-refractivity contribution in [2.45, 2.75) is 0 Å². The summed E-state index contributed by atoms with van der Waals surface area (Å²) in [6, 6.07) is 5.71. The molecule has 1 heterocycles. The maximum atomic E-state index is 13.1. The van der Waals surface area contributed by atoms with Gasteiger partial charge in [0.2, 0.25) is 0 Å². The van der Waals surface area contributed by atoms with Crippen molar-refractivity contribution in [3.8, 4) is 11.3 Å². The summed E-state index contributed by atoms with van der Waals surface area (Å²) in [4.78, 5) is 18.3. The number of nitrogens with zero attached hydrogens (tertiary/aromatic N) is 2. The van der Waals surface area contributed by atoms with Gasteiger partial charge in [-0.15, -0.1) is 0 Å². The molecule has 0 bridgehead atoms. The summed E-state index contributed by atoms with van der Waals surface area (Å²) >= 11 is 5.70. The van der Waals surface area contributed by atoms with Crippen molar-refractivity contribution < 1.29 is 9.18 Å². The minimum absolute atomic E-state index is 0.00719. The summed E-state index contributed by atoms with van der Waals surface area (Å²) in [5.41, 5.74) is 1.16. The summed E-state index contributed by atoms with van der Waals surface area (Å²) < 4.78 is 13.1. The first kappa shape index (κ1) is 10.7. The maximum Gasteiger partial charge on any atom is 0.153 e. The molecule has 0 unspecified atom stereocenters. The van der Waals surface area contributed by atoms with Crippen LogP contribution in [-0.4, -0.2) is 16.3 Å². The number of carbonyl (C=O) groups is 1. The van der Waals surface area contributed by atoms with Gasteiger partial charge in [0.15, 0.2) is 6.29 Å². The van der Waals surface area contributed by atoms with Crippen LogP contribution in [0.5, 0.6) is 0 Å². The van der Waals surface area contributed by atoms with E-state index in [9.17, 15) is 9.18 Å². The van der Waals surface area contributed by atoms with Gasteiger partial charge in [-0.1, -0.05) is 11.6 Å². The molecule has 16 heavy (non-hydrogen) atoms. The van der Waals surface area contributed by atoms with Crippen molar-refractivity contribution in [1.82, 2.24) is 9.97 Å².